The largest absolute Gasteiger partial charge is 0.480 e. The van der Waals surface area contributed by atoms with Crippen molar-refractivity contribution in [2.45, 2.75) is 25.6 Å². The van der Waals surface area contributed by atoms with Crippen molar-refractivity contribution in [3.63, 3.8) is 0 Å². The third-order valence-electron chi connectivity index (χ3n) is 2.68. The molecule has 0 aromatic heterocycles. The summed E-state index contributed by atoms with van der Waals surface area (Å²) >= 11 is 5.67. The van der Waals surface area contributed by atoms with E-state index in [9.17, 15) is 18.0 Å². The Labute approximate surface area is 118 Å². The monoisotopic (exact) mass is 310 g/mol. The van der Waals surface area contributed by atoms with Crippen molar-refractivity contribution < 1.29 is 23.1 Å². The number of halogens is 4. The molecule has 0 radical (unpaired) electrons. The van der Waals surface area contributed by atoms with Gasteiger partial charge in [0.1, 0.15) is 6.04 Å². The summed E-state index contributed by atoms with van der Waals surface area (Å²) in [6.07, 6.45) is -4.76. The number of alkyl halides is 3. The lowest BCUT2D eigenvalue weighted by molar-refractivity contribution is -0.139. The third-order valence-corrected chi connectivity index (χ3v) is 3.00. The summed E-state index contributed by atoms with van der Waals surface area (Å²) in [6, 6.07) is 1.09. The minimum Gasteiger partial charge on any atom is -0.480 e. The topological polar surface area (TPSA) is 75.3 Å². The number of carbonyl (C=O) groups is 1. The molecule has 0 fully saturated rings. The number of benzene rings is 1. The van der Waals surface area contributed by atoms with Gasteiger partial charge < -0.3 is 16.2 Å². The maximum Gasteiger partial charge on any atom is 0.418 e. The van der Waals surface area contributed by atoms with Crippen LogP contribution >= 0.6 is 11.6 Å². The first-order valence-electron chi connectivity index (χ1n) is 5.78. The average molecular weight is 311 g/mol. The van der Waals surface area contributed by atoms with Crippen LogP contribution in [0.3, 0.4) is 0 Å². The summed E-state index contributed by atoms with van der Waals surface area (Å²) in [5.41, 5.74) is 3.85. The van der Waals surface area contributed by atoms with E-state index in [1.807, 2.05) is 0 Å². The zero-order valence-electron chi connectivity index (χ0n) is 10.6. The quantitative estimate of drug-likeness (QED) is 0.731. The molecule has 0 saturated heterocycles. The number of carboxylic acid groups (broad SMARTS) is 1. The number of carboxylic acids is 1. The molecule has 4 N–H and O–H groups in total. The molecule has 20 heavy (non-hydrogen) atoms. The van der Waals surface area contributed by atoms with Gasteiger partial charge in [-0.3, -0.25) is 4.79 Å². The van der Waals surface area contributed by atoms with E-state index >= 15 is 0 Å². The van der Waals surface area contributed by atoms with Crippen LogP contribution in [0.1, 0.15) is 18.1 Å². The van der Waals surface area contributed by atoms with Gasteiger partial charge >= 0.3 is 12.1 Å². The van der Waals surface area contributed by atoms with Crippen molar-refractivity contribution in [2.24, 2.45) is 0 Å². The van der Waals surface area contributed by atoms with Crippen molar-refractivity contribution in [3.05, 3.63) is 28.3 Å². The maximum absolute atomic E-state index is 12.8. The first-order chi connectivity index (χ1) is 9.16. The predicted octanol–water partition coefficient (Wildman–Crippen LogP) is 2.55. The van der Waals surface area contributed by atoms with E-state index in [1.165, 1.54) is 6.07 Å². The van der Waals surface area contributed by atoms with Crippen molar-refractivity contribution >= 4 is 23.3 Å². The van der Waals surface area contributed by atoms with Gasteiger partial charge in [-0.1, -0.05) is 18.5 Å². The maximum atomic E-state index is 12.8. The van der Waals surface area contributed by atoms with Crippen LogP contribution in [0.15, 0.2) is 12.1 Å². The van der Waals surface area contributed by atoms with Crippen LogP contribution in [-0.4, -0.2) is 23.7 Å². The van der Waals surface area contributed by atoms with Crippen LogP contribution < -0.4 is 11.1 Å². The Bertz CT molecular complexity index is 506. The number of aliphatic carboxylic acids is 1. The third kappa shape index (κ3) is 4.01. The normalized spacial score (nSPS) is 13.2. The zero-order chi connectivity index (χ0) is 15.5. The molecular formula is C12H14ClF3N2O2. The fourth-order valence-corrected chi connectivity index (χ4v) is 2.00. The van der Waals surface area contributed by atoms with Gasteiger partial charge in [-0.2, -0.15) is 13.2 Å². The van der Waals surface area contributed by atoms with Crippen molar-refractivity contribution in [3.8, 4) is 0 Å². The first kappa shape index (κ1) is 16.6. The molecule has 112 valence electrons. The minimum atomic E-state index is -4.64. The predicted molar refractivity (Wildman–Crippen MR) is 69.7 cm³/mol. The molecule has 0 spiro atoms. The zero-order valence-corrected chi connectivity index (χ0v) is 11.3. The first-order valence-corrected chi connectivity index (χ1v) is 6.15. The number of hydrogen-bond donors (Lipinski definition) is 3. The molecule has 1 unspecified atom stereocenters. The molecule has 4 nitrogen and oxygen atoms in total. The molecule has 1 atom stereocenters. The molecule has 0 heterocycles. The standard InChI is InChI=1S/C12H14ClF3N2O2/c1-2-18-9(11(19)20)5-6-3-7(12(14,15)16)10(17)8(13)4-6/h3-4,9,18H,2,5,17H2,1H3,(H,19,20). The molecule has 0 aliphatic carbocycles. The average Bonchev–Trinajstić information content (AvgIpc) is 2.31. The number of nitrogens with one attached hydrogen (secondary N) is 1. The number of hydrogen-bond acceptors (Lipinski definition) is 3. The lowest BCUT2D eigenvalue weighted by atomic mass is 10.0. The summed E-state index contributed by atoms with van der Waals surface area (Å²) in [4.78, 5) is 11.0. The van der Waals surface area contributed by atoms with Gasteiger partial charge in [0.15, 0.2) is 0 Å². The molecule has 0 saturated carbocycles. The van der Waals surface area contributed by atoms with E-state index in [1.54, 1.807) is 6.92 Å². The second-order valence-corrected chi connectivity index (χ2v) is 4.60. The Balaban J connectivity index is 3.14. The Morgan fingerprint density at radius 3 is 2.55 bits per heavy atom. The van der Waals surface area contributed by atoms with Gasteiger partial charge in [0.25, 0.3) is 0 Å². The number of nitrogens with two attached hydrogens (primary N) is 1. The fourth-order valence-electron chi connectivity index (χ4n) is 1.76. The van der Waals surface area contributed by atoms with Crippen molar-refractivity contribution in [1.29, 1.82) is 0 Å². The van der Waals surface area contributed by atoms with E-state index in [2.05, 4.69) is 5.32 Å². The van der Waals surface area contributed by atoms with E-state index in [4.69, 9.17) is 22.4 Å². The van der Waals surface area contributed by atoms with Crippen LogP contribution in [-0.2, 0) is 17.4 Å². The highest BCUT2D eigenvalue weighted by Gasteiger charge is 2.34. The SMILES string of the molecule is CCNC(Cc1cc(Cl)c(N)c(C(F)(F)F)c1)C(=O)O. The number of anilines is 1. The lowest BCUT2D eigenvalue weighted by Crippen LogP contribution is -2.38. The molecule has 0 aliphatic heterocycles. The summed E-state index contributed by atoms with van der Waals surface area (Å²) < 4.78 is 38.3. The van der Waals surface area contributed by atoms with Crippen LogP contribution in [0, 0.1) is 0 Å². The molecule has 1 aromatic rings. The van der Waals surface area contributed by atoms with Crippen LogP contribution in [0.25, 0.3) is 0 Å². The van der Waals surface area contributed by atoms with Gasteiger partial charge in [0, 0.05) is 0 Å². The summed E-state index contributed by atoms with van der Waals surface area (Å²) in [5, 5.41) is 11.4. The highest BCUT2D eigenvalue weighted by atomic mass is 35.5. The second kappa shape index (κ2) is 6.32. The molecular weight excluding hydrogens is 297 g/mol. The molecule has 1 aromatic carbocycles. The summed E-state index contributed by atoms with van der Waals surface area (Å²) in [7, 11) is 0. The van der Waals surface area contributed by atoms with E-state index in [-0.39, 0.29) is 17.0 Å². The number of rotatable bonds is 5. The van der Waals surface area contributed by atoms with Gasteiger partial charge in [-0.05, 0) is 30.7 Å². The molecule has 8 heteroatoms. The van der Waals surface area contributed by atoms with Gasteiger partial charge in [0.05, 0.1) is 16.3 Å². The Morgan fingerprint density at radius 2 is 2.10 bits per heavy atom. The summed E-state index contributed by atoms with van der Waals surface area (Å²) in [6.45, 7) is 2.08. The summed E-state index contributed by atoms with van der Waals surface area (Å²) in [5.74, 6) is -1.15. The van der Waals surface area contributed by atoms with Crippen molar-refractivity contribution in [1.82, 2.24) is 5.32 Å². The Hall–Kier alpha value is -1.47. The van der Waals surface area contributed by atoms with Crippen LogP contribution in [0.2, 0.25) is 5.02 Å². The highest BCUT2D eigenvalue weighted by Crippen LogP contribution is 2.37. The molecule has 0 aliphatic rings. The van der Waals surface area contributed by atoms with E-state index in [0.29, 0.717) is 6.54 Å². The number of nitrogen functional groups attached to an aromatic ring is 1. The molecule has 0 amide bonds. The minimum absolute atomic E-state index is 0.119. The molecule has 1 rings (SSSR count). The van der Waals surface area contributed by atoms with Crippen LogP contribution in [0.4, 0.5) is 18.9 Å². The highest BCUT2D eigenvalue weighted by molar-refractivity contribution is 6.33. The smallest absolute Gasteiger partial charge is 0.418 e. The van der Waals surface area contributed by atoms with Crippen molar-refractivity contribution in [2.75, 3.05) is 12.3 Å². The number of likely N-dealkylation sites (N-methyl/N-ethyl adjacent to an activating group) is 1. The molecule has 0 bridgehead atoms. The van der Waals surface area contributed by atoms with E-state index in [0.717, 1.165) is 6.07 Å². The lowest BCUT2D eigenvalue weighted by Gasteiger charge is -2.16. The van der Waals surface area contributed by atoms with Gasteiger partial charge in [0.2, 0.25) is 0 Å². The van der Waals surface area contributed by atoms with Gasteiger partial charge in [-0.15, -0.1) is 0 Å². The van der Waals surface area contributed by atoms with Gasteiger partial charge in [-0.25, -0.2) is 0 Å². The Kier molecular flexibility index (Phi) is 5.24. The Morgan fingerprint density at radius 1 is 1.50 bits per heavy atom. The second-order valence-electron chi connectivity index (χ2n) is 4.19. The fraction of sp³-hybridized carbons (Fsp3) is 0.417. The van der Waals surface area contributed by atoms with Crippen LogP contribution in [0.5, 0.6) is 0 Å². The van der Waals surface area contributed by atoms with E-state index < -0.39 is 29.4 Å².